The van der Waals surface area contributed by atoms with Crippen LogP contribution < -0.4 is 56.8 Å². The maximum absolute atomic E-state index is 13.5. The van der Waals surface area contributed by atoms with E-state index in [9.17, 15) is 26.1 Å². The van der Waals surface area contributed by atoms with E-state index in [-0.39, 0.29) is 51.4 Å². The van der Waals surface area contributed by atoms with Crippen LogP contribution >= 0.6 is 0 Å². The maximum Gasteiger partial charge on any atom is 1.00 e. The van der Waals surface area contributed by atoms with Crippen LogP contribution in [0.15, 0.2) is 24.3 Å². The first-order valence-corrected chi connectivity index (χ1v) is 4.54. The molecule has 0 spiro atoms. The minimum absolute atomic E-state index is 0. The fraction of sp³-hybridized carbons (Fsp3) is 0.333. The number of rotatable bonds is 2. The SMILES string of the molecule is F[B-](F)(F)c1cccc(C2(F)CC2(F)F)c1.[K+]. The molecule has 1 aromatic carbocycles. The summed E-state index contributed by atoms with van der Waals surface area (Å²) in [4.78, 5) is 0. The van der Waals surface area contributed by atoms with Crippen molar-refractivity contribution in [2.75, 3.05) is 0 Å². The number of halogens is 6. The molecular weight excluding hydrogens is 272 g/mol. The molecule has 0 radical (unpaired) electrons. The minimum Gasteiger partial charge on any atom is -0.445 e. The van der Waals surface area contributed by atoms with Crippen LogP contribution in [-0.4, -0.2) is 12.9 Å². The van der Waals surface area contributed by atoms with Crippen molar-refractivity contribution in [2.24, 2.45) is 0 Å². The number of alkyl halides is 3. The molecule has 1 aliphatic rings. The molecule has 2 rings (SSSR count). The summed E-state index contributed by atoms with van der Waals surface area (Å²) in [6.45, 7) is -5.29. The van der Waals surface area contributed by atoms with E-state index in [1.807, 2.05) is 0 Å². The Labute approximate surface area is 136 Å². The van der Waals surface area contributed by atoms with E-state index in [0.29, 0.717) is 6.07 Å². The van der Waals surface area contributed by atoms with Crippen molar-refractivity contribution in [1.29, 1.82) is 0 Å². The largest absolute Gasteiger partial charge is 1.00 e. The van der Waals surface area contributed by atoms with E-state index in [1.165, 1.54) is 0 Å². The van der Waals surface area contributed by atoms with Gasteiger partial charge in [-0.3, -0.25) is 0 Å². The van der Waals surface area contributed by atoms with Gasteiger partial charge in [0.1, 0.15) is 0 Å². The molecular formula is C9H6BF6K. The van der Waals surface area contributed by atoms with Crippen molar-refractivity contribution in [3.63, 3.8) is 0 Å². The molecule has 1 unspecified atom stereocenters. The molecule has 1 aliphatic carbocycles. The number of hydrogen-bond donors (Lipinski definition) is 0. The van der Waals surface area contributed by atoms with E-state index in [1.54, 1.807) is 0 Å². The standard InChI is InChI=1S/C9H6BF6.K/c11-8(5-9(8,12)13)6-2-1-3-7(4-6)10(14,15)16;/h1-4H,5H2;/q-1;+1. The van der Waals surface area contributed by atoms with Crippen LogP contribution in [0.5, 0.6) is 0 Å². The zero-order chi connectivity index (χ0) is 12.2. The van der Waals surface area contributed by atoms with E-state index in [0.717, 1.165) is 18.2 Å². The molecule has 0 amide bonds. The van der Waals surface area contributed by atoms with Gasteiger partial charge in [-0.1, -0.05) is 24.3 Å². The van der Waals surface area contributed by atoms with E-state index in [4.69, 9.17) is 0 Å². The van der Waals surface area contributed by atoms with Crippen LogP contribution in [0, 0.1) is 0 Å². The summed E-state index contributed by atoms with van der Waals surface area (Å²) in [7, 11) is 0. The van der Waals surface area contributed by atoms with Crippen molar-refractivity contribution < 1.29 is 77.5 Å². The summed E-state index contributed by atoms with van der Waals surface area (Å²) in [6.07, 6.45) is -1.05. The topological polar surface area (TPSA) is 0 Å². The average Bonchev–Trinajstić information content (AvgIpc) is 2.66. The van der Waals surface area contributed by atoms with Crippen molar-refractivity contribution in [3.05, 3.63) is 29.8 Å². The predicted octanol–water partition coefficient (Wildman–Crippen LogP) is -0.0512. The van der Waals surface area contributed by atoms with Crippen LogP contribution in [-0.2, 0) is 5.67 Å². The average molecular weight is 278 g/mol. The fourth-order valence-corrected chi connectivity index (χ4v) is 1.56. The van der Waals surface area contributed by atoms with Gasteiger partial charge in [-0.25, -0.2) is 13.2 Å². The van der Waals surface area contributed by atoms with Gasteiger partial charge in [0.05, 0.1) is 6.42 Å². The first-order chi connectivity index (χ1) is 7.17. The molecule has 0 aliphatic heterocycles. The monoisotopic (exact) mass is 278 g/mol. The molecule has 8 heteroatoms. The Bertz CT molecular complexity index is 432. The van der Waals surface area contributed by atoms with Crippen LogP contribution in [0.3, 0.4) is 0 Å². The second kappa shape index (κ2) is 4.56. The quantitative estimate of drug-likeness (QED) is 0.525. The van der Waals surface area contributed by atoms with Crippen molar-refractivity contribution in [2.45, 2.75) is 18.0 Å². The molecule has 1 atom stereocenters. The Morgan fingerprint density at radius 2 is 1.59 bits per heavy atom. The normalized spacial score (nSPS) is 26.2. The smallest absolute Gasteiger partial charge is 0.445 e. The molecule has 17 heavy (non-hydrogen) atoms. The van der Waals surface area contributed by atoms with Gasteiger partial charge in [-0.15, -0.1) is 5.46 Å². The van der Waals surface area contributed by atoms with Gasteiger partial charge in [0.25, 0.3) is 5.92 Å². The second-order valence-corrected chi connectivity index (χ2v) is 3.88. The minimum atomic E-state index is -5.29. The molecule has 0 N–H and O–H groups in total. The fourth-order valence-electron chi connectivity index (χ4n) is 1.56. The Morgan fingerprint density at radius 3 is 2.00 bits per heavy atom. The third-order valence-corrected chi connectivity index (χ3v) is 2.64. The van der Waals surface area contributed by atoms with E-state index >= 15 is 0 Å². The Kier molecular flexibility index (Phi) is 4.17. The Balaban J connectivity index is 0.00000144. The maximum atomic E-state index is 13.5. The first kappa shape index (κ1) is 15.6. The summed E-state index contributed by atoms with van der Waals surface area (Å²) in [5, 5.41) is 0. The predicted molar refractivity (Wildman–Crippen MR) is 47.5 cm³/mol. The molecule has 0 saturated heterocycles. The Morgan fingerprint density at radius 1 is 1.06 bits per heavy atom. The molecule has 0 bridgehead atoms. The summed E-state index contributed by atoms with van der Waals surface area (Å²) in [5.74, 6) is -3.55. The zero-order valence-corrected chi connectivity index (χ0v) is 12.0. The summed E-state index contributed by atoms with van der Waals surface area (Å²) >= 11 is 0. The van der Waals surface area contributed by atoms with Crippen LogP contribution in [0.1, 0.15) is 12.0 Å². The molecule has 1 saturated carbocycles. The van der Waals surface area contributed by atoms with Crippen LogP contribution in [0.2, 0.25) is 0 Å². The van der Waals surface area contributed by atoms with Crippen molar-refractivity contribution >= 4 is 12.4 Å². The van der Waals surface area contributed by atoms with Gasteiger partial charge in [0.15, 0.2) is 0 Å². The third kappa shape index (κ3) is 2.75. The van der Waals surface area contributed by atoms with Crippen LogP contribution in [0.25, 0.3) is 0 Å². The third-order valence-electron chi connectivity index (χ3n) is 2.64. The molecule has 1 fully saturated rings. The zero-order valence-electron chi connectivity index (χ0n) is 8.86. The van der Waals surface area contributed by atoms with Gasteiger partial charge in [-0.2, -0.15) is 0 Å². The first-order valence-electron chi connectivity index (χ1n) is 4.54. The van der Waals surface area contributed by atoms with Crippen molar-refractivity contribution in [1.82, 2.24) is 0 Å². The van der Waals surface area contributed by atoms with Gasteiger partial charge in [-0.05, 0) is 5.56 Å². The summed E-state index contributed by atoms with van der Waals surface area (Å²) in [5.41, 5.74) is -4.59. The summed E-state index contributed by atoms with van der Waals surface area (Å²) in [6, 6.07) is 3.09. The van der Waals surface area contributed by atoms with Gasteiger partial charge in [0, 0.05) is 0 Å². The molecule has 0 aromatic heterocycles. The van der Waals surface area contributed by atoms with Gasteiger partial charge < -0.3 is 12.9 Å². The molecule has 88 valence electrons. The number of hydrogen-bond acceptors (Lipinski definition) is 0. The molecule has 0 heterocycles. The molecule has 0 nitrogen and oxygen atoms in total. The van der Waals surface area contributed by atoms with E-state index in [2.05, 4.69) is 0 Å². The van der Waals surface area contributed by atoms with Crippen LogP contribution in [0.4, 0.5) is 26.1 Å². The summed E-state index contributed by atoms with van der Waals surface area (Å²) < 4.78 is 75.7. The van der Waals surface area contributed by atoms with Gasteiger partial charge in [0.2, 0.25) is 5.67 Å². The van der Waals surface area contributed by atoms with E-state index < -0.39 is 36.0 Å². The van der Waals surface area contributed by atoms with Crippen molar-refractivity contribution in [3.8, 4) is 0 Å². The molecule has 1 aromatic rings. The Hall–Kier alpha value is 0.501. The van der Waals surface area contributed by atoms with Gasteiger partial charge >= 0.3 is 58.4 Å². The second-order valence-electron chi connectivity index (χ2n) is 3.88. The number of benzene rings is 1.